The number of hydrogen-bond donors (Lipinski definition) is 1. The van der Waals surface area contributed by atoms with Gasteiger partial charge >= 0.3 is 5.97 Å². The quantitative estimate of drug-likeness (QED) is 0.641. The normalized spacial score (nSPS) is 11.2. The summed E-state index contributed by atoms with van der Waals surface area (Å²) in [5.74, 6) is 0.0241. The van der Waals surface area contributed by atoms with Crippen LogP contribution in [0.5, 0.6) is 11.5 Å². The molecule has 0 saturated carbocycles. The van der Waals surface area contributed by atoms with Crippen molar-refractivity contribution in [1.82, 2.24) is 0 Å². The number of hydrogen-bond acceptors (Lipinski definition) is 3. The van der Waals surface area contributed by atoms with E-state index >= 15 is 0 Å². The maximum atomic E-state index is 11.4. The van der Waals surface area contributed by atoms with Crippen molar-refractivity contribution in [2.75, 3.05) is 6.61 Å². The monoisotopic (exact) mass is 312 g/mol. The second-order valence-electron chi connectivity index (χ2n) is 5.24. The predicted molar refractivity (Wildman–Crippen MR) is 89.8 cm³/mol. The summed E-state index contributed by atoms with van der Waals surface area (Å²) < 4.78 is 10.9. The van der Waals surface area contributed by atoms with Gasteiger partial charge in [0.1, 0.15) is 11.5 Å². The van der Waals surface area contributed by atoms with Crippen LogP contribution in [-0.4, -0.2) is 17.7 Å². The number of rotatable bonds is 6. The molecule has 4 nitrogen and oxygen atoms in total. The first kappa shape index (κ1) is 16.6. The number of benzene rings is 2. The Morgan fingerprint density at radius 3 is 2.17 bits per heavy atom. The third kappa shape index (κ3) is 4.88. The van der Waals surface area contributed by atoms with Crippen LogP contribution in [-0.2, 0) is 4.79 Å². The van der Waals surface area contributed by atoms with Gasteiger partial charge in [-0.1, -0.05) is 18.2 Å². The molecule has 2 aromatic rings. The second-order valence-corrected chi connectivity index (χ2v) is 5.24. The van der Waals surface area contributed by atoms with Crippen molar-refractivity contribution in [3.05, 3.63) is 64.9 Å². The number of ether oxygens (including phenoxy) is 2. The lowest BCUT2D eigenvalue weighted by atomic mass is 10.1. The van der Waals surface area contributed by atoms with Gasteiger partial charge in [-0.05, 0) is 67.8 Å². The fourth-order valence-electron chi connectivity index (χ4n) is 2.23. The molecule has 0 bridgehead atoms. The Labute approximate surface area is 136 Å². The Hall–Kier alpha value is -2.75. The Morgan fingerprint density at radius 1 is 1.04 bits per heavy atom. The SMILES string of the molecule is CCOc1ccc(C=C(Oc2cc(C)cc(C)c2)C(=O)O)cc1. The highest BCUT2D eigenvalue weighted by molar-refractivity contribution is 5.90. The largest absolute Gasteiger partial charge is 0.494 e. The standard InChI is InChI=1S/C19H20O4/c1-4-22-16-7-5-15(6-8-16)12-18(19(20)21)23-17-10-13(2)9-14(3)11-17/h5-12H,4H2,1-3H3,(H,20,21). The molecule has 23 heavy (non-hydrogen) atoms. The minimum Gasteiger partial charge on any atom is -0.494 e. The maximum absolute atomic E-state index is 11.4. The molecule has 0 unspecified atom stereocenters. The fourth-order valence-corrected chi connectivity index (χ4v) is 2.23. The second kappa shape index (κ2) is 7.49. The highest BCUT2D eigenvalue weighted by Gasteiger charge is 2.11. The summed E-state index contributed by atoms with van der Waals surface area (Å²) in [6, 6.07) is 12.8. The molecular formula is C19H20O4. The number of carboxylic acids is 1. The molecular weight excluding hydrogens is 292 g/mol. The van der Waals surface area contributed by atoms with Crippen molar-refractivity contribution >= 4 is 12.0 Å². The van der Waals surface area contributed by atoms with Crippen LogP contribution in [0, 0.1) is 13.8 Å². The Morgan fingerprint density at radius 2 is 1.65 bits per heavy atom. The summed E-state index contributed by atoms with van der Waals surface area (Å²) in [5, 5.41) is 9.36. The lowest BCUT2D eigenvalue weighted by Gasteiger charge is -2.09. The third-order valence-corrected chi connectivity index (χ3v) is 3.12. The van der Waals surface area contributed by atoms with E-state index in [0.29, 0.717) is 12.4 Å². The van der Waals surface area contributed by atoms with Crippen molar-refractivity contribution in [3.8, 4) is 11.5 Å². The minimum absolute atomic E-state index is 0.126. The van der Waals surface area contributed by atoms with Gasteiger partial charge in [-0.15, -0.1) is 0 Å². The van der Waals surface area contributed by atoms with E-state index in [4.69, 9.17) is 9.47 Å². The van der Waals surface area contributed by atoms with E-state index in [1.807, 2.05) is 39.0 Å². The Bertz CT molecular complexity index is 694. The zero-order valence-electron chi connectivity index (χ0n) is 13.5. The predicted octanol–water partition coefficient (Wildman–Crippen LogP) is 4.21. The first-order valence-corrected chi connectivity index (χ1v) is 7.42. The first-order valence-electron chi connectivity index (χ1n) is 7.42. The number of carbonyl (C=O) groups is 1. The zero-order chi connectivity index (χ0) is 16.8. The van der Waals surface area contributed by atoms with Crippen LogP contribution in [0.2, 0.25) is 0 Å². The van der Waals surface area contributed by atoms with Crippen molar-refractivity contribution < 1.29 is 19.4 Å². The fraction of sp³-hybridized carbons (Fsp3) is 0.211. The molecule has 120 valence electrons. The minimum atomic E-state index is -1.11. The van der Waals surface area contributed by atoms with E-state index < -0.39 is 5.97 Å². The van der Waals surface area contributed by atoms with E-state index in [9.17, 15) is 9.90 Å². The van der Waals surface area contributed by atoms with Gasteiger partial charge in [0, 0.05) is 0 Å². The molecule has 0 fully saturated rings. The van der Waals surface area contributed by atoms with Crippen molar-refractivity contribution in [2.24, 2.45) is 0 Å². The van der Waals surface area contributed by atoms with Crippen LogP contribution in [0.1, 0.15) is 23.6 Å². The number of carboxylic acid groups (broad SMARTS) is 1. The maximum Gasteiger partial charge on any atom is 0.371 e. The van der Waals surface area contributed by atoms with E-state index in [1.54, 1.807) is 24.3 Å². The third-order valence-electron chi connectivity index (χ3n) is 3.12. The summed E-state index contributed by atoms with van der Waals surface area (Å²) >= 11 is 0. The van der Waals surface area contributed by atoms with Crippen molar-refractivity contribution in [1.29, 1.82) is 0 Å². The van der Waals surface area contributed by atoms with Crippen LogP contribution in [0.15, 0.2) is 48.2 Å². The summed E-state index contributed by atoms with van der Waals surface area (Å²) in [6.45, 7) is 6.38. The average Bonchev–Trinajstić information content (AvgIpc) is 2.47. The van der Waals surface area contributed by atoms with E-state index in [0.717, 1.165) is 22.4 Å². The molecule has 0 aliphatic heterocycles. The molecule has 4 heteroatoms. The van der Waals surface area contributed by atoms with E-state index in [1.165, 1.54) is 6.08 Å². The number of aryl methyl sites for hydroxylation is 2. The molecule has 2 rings (SSSR count). The van der Waals surface area contributed by atoms with Crippen LogP contribution in [0.25, 0.3) is 6.08 Å². The Kier molecular flexibility index (Phi) is 5.41. The average molecular weight is 312 g/mol. The van der Waals surface area contributed by atoms with Crippen LogP contribution >= 0.6 is 0 Å². The topological polar surface area (TPSA) is 55.8 Å². The van der Waals surface area contributed by atoms with Gasteiger partial charge in [0.2, 0.25) is 5.76 Å². The highest BCUT2D eigenvalue weighted by Crippen LogP contribution is 2.21. The summed E-state index contributed by atoms with van der Waals surface area (Å²) in [7, 11) is 0. The summed E-state index contributed by atoms with van der Waals surface area (Å²) in [4.78, 5) is 11.4. The van der Waals surface area contributed by atoms with E-state index in [-0.39, 0.29) is 5.76 Å². The van der Waals surface area contributed by atoms with Gasteiger partial charge in [-0.25, -0.2) is 4.79 Å². The molecule has 0 atom stereocenters. The Balaban J connectivity index is 2.25. The molecule has 1 N–H and O–H groups in total. The van der Waals surface area contributed by atoms with Crippen molar-refractivity contribution in [3.63, 3.8) is 0 Å². The van der Waals surface area contributed by atoms with Crippen LogP contribution in [0.4, 0.5) is 0 Å². The molecule has 0 saturated heterocycles. The van der Waals surface area contributed by atoms with Crippen LogP contribution < -0.4 is 9.47 Å². The smallest absolute Gasteiger partial charge is 0.371 e. The zero-order valence-corrected chi connectivity index (χ0v) is 13.5. The van der Waals surface area contributed by atoms with Gasteiger partial charge in [0.15, 0.2) is 0 Å². The summed E-state index contributed by atoms with van der Waals surface area (Å²) in [5.41, 5.74) is 2.77. The van der Waals surface area contributed by atoms with Gasteiger partial charge in [0.05, 0.1) is 6.61 Å². The van der Waals surface area contributed by atoms with Crippen molar-refractivity contribution in [2.45, 2.75) is 20.8 Å². The lowest BCUT2D eigenvalue weighted by molar-refractivity contribution is -0.134. The van der Waals surface area contributed by atoms with E-state index in [2.05, 4.69) is 0 Å². The van der Waals surface area contributed by atoms with Gasteiger partial charge in [0.25, 0.3) is 0 Å². The molecule has 0 aliphatic rings. The molecule has 0 spiro atoms. The molecule has 0 amide bonds. The molecule has 0 radical (unpaired) electrons. The van der Waals surface area contributed by atoms with Gasteiger partial charge in [-0.2, -0.15) is 0 Å². The first-order chi connectivity index (χ1) is 11.0. The number of aliphatic carboxylic acids is 1. The highest BCUT2D eigenvalue weighted by atomic mass is 16.5. The lowest BCUT2D eigenvalue weighted by Crippen LogP contribution is -2.07. The molecule has 0 aromatic heterocycles. The van der Waals surface area contributed by atoms with Gasteiger partial charge in [-0.3, -0.25) is 0 Å². The van der Waals surface area contributed by atoms with Gasteiger partial charge < -0.3 is 14.6 Å². The molecule has 0 heterocycles. The molecule has 0 aliphatic carbocycles. The van der Waals surface area contributed by atoms with Crippen LogP contribution in [0.3, 0.4) is 0 Å². The molecule has 2 aromatic carbocycles. The summed E-state index contributed by atoms with van der Waals surface area (Å²) in [6.07, 6.45) is 1.50.